The highest BCUT2D eigenvalue weighted by Crippen LogP contribution is 2.31. The molecule has 0 aliphatic rings. The molecule has 3 heteroatoms. The van der Waals surface area contributed by atoms with Crippen LogP contribution in [0.4, 0.5) is 0 Å². The van der Waals surface area contributed by atoms with E-state index in [1.165, 1.54) is 0 Å². The van der Waals surface area contributed by atoms with E-state index in [4.69, 9.17) is 9.15 Å². The summed E-state index contributed by atoms with van der Waals surface area (Å²) in [5.74, 6) is 0.571. The van der Waals surface area contributed by atoms with Gasteiger partial charge in [-0.15, -0.1) is 0 Å². The summed E-state index contributed by atoms with van der Waals surface area (Å²) in [6.45, 7) is 2.01. The molecule has 4 rings (SSSR count). The fourth-order valence-corrected chi connectivity index (χ4v) is 3.06. The van der Waals surface area contributed by atoms with Crippen LogP contribution in [-0.2, 0) is 0 Å². The van der Waals surface area contributed by atoms with Crippen LogP contribution >= 0.6 is 0 Å². The maximum atomic E-state index is 13.0. The van der Waals surface area contributed by atoms with Crippen molar-refractivity contribution in [2.75, 3.05) is 7.11 Å². The number of aryl methyl sites for hydroxylation is 1. The van der Waals surface area contributed by atoms with Gasteiger partial charge in [0, 0.05) is 0 Å². The molecule has 108 valence electrons. The van der Waals surface area contributed by atoms with Crippen molar-refractivity contribution in [1.29, 1.82) is 0 Å². The van der Waals surface area contributed by atoms with E-state index in [-0.39, 0.29) is 5.43 Å². The summed E-state index contributed by atoms with van der Waals surface area (Å²) in [4.78, 5) is 13.0. The monoisotopic (exact) mass is 290 g/mol. The lowest BCUT2D eigenvalue weighted by Gasteiger charge is -2.09. The van der Waals surface area contributed by atoms with Gasteiger partial charge in [0.15, 0.2) is 11.3 Å². The van der Waals surface area contributed by atoms with E-state index in [1.807, 2.05) is 43.3 Å². The minimum Gasteiger partial charge on any atom is -0.493 e. The van der Waals surface area contributed by atoms with Crippen molar-refractivity contribution in [2.45, 2.75) is 6.92 Å². The smallest absolute Gasteiger partial charge is 0.201 e. The average Bonchev–Trinajstić information content (AvgIpc) is 2.54. The van der Waals surface area contributed by atoms with Gasteiger partial charge in [0.25, 0.3) is 0 Å². The van der Waals surface area contributed by atoms with Crippen LogP contribution < -0.4 is 10.2 Å². The van der Waals surface area contributed by atoms with Crippen LogP contribution in [0.15, 0.2) is 57.7 Å². The van der Waals surface area contributed by atoms with Crippen molar-refractivity contribution in [2.24, 2.45) is 0 Å². The van der Waals surface area contributed by atoms with Crippen LogP contribution in [0.3, 0.4) is 0 Å². The van der Waals surface area contributed by atoms with Crippen LogP contribution in [-0.4, -0.2) is 7.11 Å². The Hall–Kier alpha value is -2.81. The van der Waals surface area contributed by atoms with Crippen LogP contribution in [0.5, 0.6) is 5.75 Å². The van der Waals surface area contributed by atoms with Crippen molar-refractivity contribution in [3.63, 3.8) is 0 Å². The molecular weight excluding hydrogens is 276 g/mol. The van der Waals surface area contributed by atoms with E-state index in [9.17, 15) is 4.79 Å². The zero-order chi connectivity index (χ0) is 15.3. The first kappa shape index (κ1) is 12.9. The molecular formula is C19H14O3. The second-order valence-corrected chi connectivity index (χ2v) is 5.38. The van der Waals surface area contributed by atoms with Gasteiger partial charge in [-0.2, -0.15) is 0 Å². The van der Waals surface area contributed by atoms with E-state index >= 15 is 0 Å². The third-order valence-electron chi connectivity index (χ3n) is 4.10. The number of methoxy groups -OCH3 is 1. The van der Waals surface area contributed by atoms with Gasteiger partial charge in [-0.05, 0) is 41.5 Å². The van der Waals surface area contributed by atoms with Crippen molar-refractivity contribution in [1.82, 2.24) is 0 Å². The Bertz CT molecular complexity index is 1090. The molecule has 0 unspecified atom stereocenters. The van der Waals surface area contributed by atoms with Crippen molar-refractivity contribution in [3.05, 3.63) is 64.3 Å². The molecule has 0 saturated carbocycles. The average molecular weight is 290 g/mol. The van der Waals surface area contributed by atoms with Crippen molar-refractivity contribution in [3.8, 4) is 5.75 Å². The fourth-order valence-electron chi connectivity index (χ4n) is 3.06. The first-order valence-electron chi connectivity index (χ1n) is 7.12. The number of hydrogen-bond acceptors (Lipinski definition) is 3. The molecule has 3 aromatic carbocycles. The molecule has 1 heterocycles. The van der Waals surface area contributed by atoms with Gasteiger partial charge in [0.1, 0.15) is 5.58 Å². The minimum atomic E-state index is -0.0185. The van der Waals surface area contributed by atoms with E-state index in [0.29, 0.717) is 27.7 Å². The second kappa shape index (κ2) is 4.60. The highest BCUT2D eigenvalue weighted by atomic mass is 16.5. The number of rotatable bonds is 1. The maximum Gasteiger partial charge on any atom is 0.201 e. The highest BCUT2D eigenvalue weighted by Gasteiger charge is 2.14. The molecule has 0 atom stereocenters. The summed E-state index contributed by atoms with van der Waals surface area (Å²) in [6, 6.07) is 15.2. The van der Waals surface area contributed by atoms with Gasteiger partial charge in [0.2, 0.25) is 5.43 Å². The van der Waals surface area contributed by atoms with Crippen molar-refractivity contribution >= 4 is 32.7 Å². The lowest BCUT2D eigenvalue weighted by molar-refractivity contribution is 0.411. The molecule has 0 N–H and O–H groups in total. The van der Waals surface area contributed by atoms with E-state index in [2.05, 4.69) is 0 Å². The zero-order valence-corrected chi connectivity index (χ0v) is 12.3. The predicted molar refractivity (Wildman–Crippen MR) is 88.8 cm³/mol. The molecule has 0 aliphatic carbocycles. The number of hydrogen-bond donors (Lipinski definition) is 0. The summed E-state index contributed by atoms with van der Waals surface area (Å²) >= 11 is 0. The third kappa shape index (κ3) is 1.65. The quantitative estimate of drug-likeness (QED) is 0.385. The molecule has 4 aromatic rings. The zero-order valence-electron chi connectivity index (χ0n) is 12.3. The van der Waals surface area contributed by atoms with Crippen LogP contribution in [0, 0.1) is 6.92 Å². The van der Waals surface area contributed by atoms with Gasteiger partial charge in [-0.1, -0.05) is 30.3 Å². The Labute approximate surface area is 126 Å². The normalized spacial score (nSPS) is 11.4. The lowest BCUT2D eigenvalue weighted by atomic mass is 10.00. The van der Waals surface area contributed by atoms with E-state index in [0.717, 1.165) is 16.3 Å². The van der Waals surface area contributed by atoms with Gasteiger partial charge >= 0.3 is 0 Å². The topological polar surface area (TPSA) is 39.4 Å². The van der Waals surface area contributed by atoms with Gasteiger partial charge in [0.05, 0.1) is 17.9 Å². The van der Waals surface area contributed by atoms with Gasteiger partial charge < -0.3 is 9.15 Å². The fraction of sp³-hybridized carbons (Fsp3) is 0.105. The summed E-state index contributed by atoms with van der Waals surface area (Å²) in [5, 5.41) is 3.18. The van der Waals surface area contributed by atoms with Gasteiger partial charge in [-0.3, -0.25) is 4.79 Å². The highest BCUT2D eigenvalue weighted by molar-refractivity contribution is 6.10. The van der Waals surface area contributed by atoms with Crippen molar-refractivity contribution < 1.29 is 9.15 Å². The number of para-hydroxylation sites is 1. The third-order valence-corrected chi connectivity index (χ3v) is 4.10. The van der Waals surface area contributed by atoms with Gasteiger partial charge in [-0.25, -0.2) is 0 Å². The molecule has 3 nitrogen and oxygen atoms in total. The number of ether oxygens (including phenoxy) is 1. The first-order valence-corrected chi connectivity index (χ1v) is 7.12. The molecule has 1 aromatic heterocycles. The molecule has 0 aliphatic heterocycles. The standard InChI is InChI=1S/C19H14O3/c1-11-5-3-6-12-9-10-14-17(16(11)12)18(20)13-7-4-8-15(21-2)19(13)22-14/h3-10H,1-2H3. The largest absolute Gasteiger partial charge is 0.493 e. The minimum absolute atomic E-state index is 0.0185. The second-order valence-electron chi connectivity index (χ2n) is 5.38. The van der Waals surface area contributed by atoms with Crippen LogP contribution in [0.1, 0.15) is 5.56 Å². The number of benzene rings is 3. The Morgan fingerprint density at radius 3 is 2.59 bits per heavy atom. The predicted octanol–water partition coefficient (Wildman–Crippen LogP) is 4.42. The molecule has 0 fully saturated rings. The molecule has 22 heavy (non-hydrogen) atoms. The molecule has 0 amide bonds. The molecule has 0 spiro atoms. The summed E-state index contributed by atoms with van der Waals surface area (Å²) in [7, 11) is 1.57. The van der Waals surface area contributed by atoms with E-state index in [1.54, 1.807) is 19.2 Å². The molecule has 0 saturated heterocycles. The van der Waals surface area contributed by atoms with Crippen LogP contribution in [0.2, 0.25) is 0 Å². The first-order chi connectivity index (χ1) is 10.7. The summed E-state index contributed by atoms with van der Waals surface area (Å²) in [6.07, 6.45) is 0. The molecule has 0 bridgehead atoms. The van der Waals surface area contributed by atoms with E-state index < -0.39 is 0 Å². The maximum absolute atomic E-state index is 13.0. The summed E-state index contributed by atoms with van der Waals surface area (Å²) in [5.41, 5.74) is 2.13. The van der Waals surface area contributed by atoms with Crippen LogP contribution in [0.25, 0.3) is 32.7 Å². The molecule has 0 radical (unpaired) electrons. The Balaban J connectivity index is 2.33. The Morgan fingerprint density at radius 1 is 0.955 bits per heavy atom. The SMILES string of the molecule is COc1cccc2c(=O)c3c(ccc4cccc(C)c43)oc12. The lowest BCUT2D eigenvalue weighted by Crippen LogP contribution is -2.04. The Kier molecular flexibility index (Phi) is 2.70. The Morgan fingerprint density at radius 2 is 1.77 bits per heavy atom. The number of fused-ring (bicyclic) bond motifs is 4. The summed E-state index contributed by atoms with van der Waals surface area (Å²) < 4.78 is 11.3.